The number of rotatable bonds is 1. The van der Waals surface area contributed by atoms with Crippen molar-refractivity contribution in [3.63, 3.8) is 0 Å². The van der Waals surface area contributed by atoms with E-state index in [0.29, 0.717) is 0 Å². The number of para-hydroxylation sites is 1. The quantitative estimate of drug-likeness (QED) is 0.170. The van der Waals surface area contributed by atoms with E-state index >= 15 is 0 Å². The topological polar surface area (TPSA) is 17.0 Å². The predicted molar refractivity (Wildman–Crippen MR) is 153 cm³/mol. The van der Waals surface area contributed by atoms with Crippen LogP contribution >= 0.6 is 0 Å². The first-order valence-electron chi connectivity index (χ1n) is 13.2. The van der Waals surface area contributed by atoms with Crippen molar-refractivity contribution in [2.75, 3.05) is 0 Å². The molecule has 0 radical (unpaired) electrons. The van der Waals surface area contributed by atoms with Crippen molar-refractivity contribution in [1.82, 2.24) is 0 Å². The van der Waals surface area contributed by atoms with E-state index in [4.69, 9.17) is 4.42 Å². The average molecular weight is 483 g/mol. The van der Waals surface area contributed by atoms with Gasteiger partial charge in [0.15, 0.2) is 0 Å². The van der Waals surface area contributed by atoms with Crippen molar-refractivity contribution >= 4 is 32.6 Å². The molecule has 2 aromatic heterocycles. The molecule has 0 aliphatic heterocycles. The fraction of sp³-hybridized carbons (Fsp3) is 0.229. The molecule has 0 bridgehead atoms. The number of benzene rings is 4. The summed E-state index contributed by atoms with van der Waals surface area (Å²) in [6.45, 7) is 11.5. The molecule has 0 spiro atoms. The van der Waals surface area contributed by atoms with Gasteiger partial charge < -0.3 is 4.42 Å². The molecule has 0 saturated heterocycles. The molecular formula is C35H32NO+. The first-order valence-corrected chi connectivity index (χ1v) is 13.2. The Bertz CT molecular complexity index is 1900. The molecule has 2 heterocycles. The summed E-state index contributed by atoms with van der Waals surface area (Å²) >= 11 is 0. The van der Waals surface area contributed by atoms with Crippen LogP contribution in [0.15, 0.2) is 89.3 Å². The third-order valence-corrected chi connectivity index (χ3v) is 8.84. The number of pyridine rings is 1. The van der Waals surface area contributed by atoms with Crippen molar-refractivity contribution in [1.29, 1.82) is 0 Å². The fourth-order valence-corrected chi connectivity index (χ4v) is 6.97. The molecular weight excluding hydrogens is 450 g/mol. The summed E-state index contributed by atoms with van der Waals surface area (Å²) < 4.78 is 9.42. The Labute approximate surface area is 218 Å². The third-order valence-electron chi connectivity index (χ3n) is 8.84. The highest BCUT2D eigenvalue weighted by Gasteiger charge is 2.46. The van der Waals surface area contributed by atoms with E-state index in [1.54, 1.807) is 0 Å². The monoisotopic (exact) mass is 482 g/mol. The van der Waals surface area contributed by atoms with Gasteiger partial charge in [-0.25, -0.2) is 0 Å². The molecule has 0 saturated carbocycles. The van der Waals surface area contributed by atoms with Gasteiger partial charge in [-0.15, -0.1) is 0 Å². The van der Waals surface area contributed by atoms with Crippen LogP contribution in [0.1, 0.15) is 55.7 Å². The number of fused-ring (bicyclic) bond motifs is 7. The number of aryl methyl sites for hydroxylation is 2. The van der Waals surface area contributed by atoms with E-state index in [1.165, 1.54) is 60.6 Å². The highest BCUT2D eigenvalue weighted by molar-refractivity contribution is 6.11. The van der Waals surface area contributed by atoms with Crippen molar-refractivity contribution in [2.45, 2.75) is 45.4 Å². The van der Waals surface area contributed by atoms with E-state index in [9.17, 15) is 0 Å². The zero-order chi connectivity index (χ0) is 25.7. The second-order valence-electron chi connectivity index (χ2n) is 11.7. The van der Waals surface area contributed by atoms with Gasteiger partial charge in [0.25, 0.3) is 0 Å². The first kappa shape index (κ1) is 22.3. The molecule has 4 aromatic carbocycles. The van der Waals surface area contributed by atoms with E-state index < -0.39 is 0 Å². The van der Waals surface area contributed by atoms with Gasteiger partial charge in [-0.1, -0.05) is 80.6 Å². The van der Waals surface area contributed by atoms with E-state index in [-0.39, 0.29) is 10.8 Å². The Morgan fingerprint density at radius 2 is 1.22 bits per heavy atom. The molecule has 2 nitrogen and oxygen atoms in total. The van der Waals surface area contributed by atoms with Crippen LogP contribution in [0.5, 0.6) is 0 Å². The molecule has 0 unspecified atom stereocenters. The summed E-state index contributed by atoms with van der Waals surface area (Å²) in [7, 11) is 2.19. The average Bonchev–Trinajstić information content (AvgIpc) is 3.31. The number of aromatic nitrogens is 1. The molecule has 2 heteroatoms. The highest BCUT2D eigenvalue weighted by Crippen LogP contribution is 2.54. The smallest absolute Gasteiger partial charge is 0.224 e. The molecule has 182 valence electrons. The zero-order valence-corrected chi connectivity index (χ0v) is 22.4. The summed E-state index contributed by atoms with van der Waals surface area (Å²) in [5.41, 5.74) is 9.51. The molecule has 0 atom stereocenters. The van der Waals surface area contributed by atoms with Gasteiger partial charge in [-0.3, -0.25) is 0 Å². The van der Waals surface area contributed by atoms with Crippen LogP contribution in [-0.2, 0) is 17.9 Å². The van der Waals surface area contributed by atoms with Crippen molar-refractivity contribution < 1.29 is 8.98 Å². The number of nitrogens with zero attached hydrogens (tertiary/aromatic N) is 1. The van der Waals surface area contributed by atoms with Gasteiger partial charge in [0, 0.05) is 33.2 Å². The Morgan fingerprint density at radius 1 is 0.622 bits per heavy atom. The summed E-state index contributed by atoms with van der Waals surface area (Å²) in [5.74, 6) is 1.09. The molecule has 0 fully saturated rings. The molecule has 0 N–H and O–H groups in total. The summed E-state index contributed by atoms with van der Waals surface area (Å²) in [6.07, 6.45) is 0. The van der Waals surface area contributed by atoms with Crippen LogP contribution in [0.3, 0.4) is 0 Å². The van der Waals surface area contributed by atoms with Crippen LogP contribution in [0.25, 0.3) is 43.9 Å². The Kier molecular flexibility index (Phi) is 4.41. The lowest BCUT2D eigenvalue weighted by Gasteiger charge is -2.40. The lowest BCUT2D eigenvalue weighted by atomic mass is 9.62. The maximum atomic E-state index is 7.07. The molecule has 6 aromatic rings. The van der Waals surface area contributed by atoms with Crippen molar-refractivity contribution in [2.24, 2.45) is 7.05 Å². The zero-order valence-electron chi connectivity index (χ0n) is 22.4. The standard InChI is InChI=1S/C35H32NO/c1-21-19-20-25-30-33(35(4,5)27-17-11-10-16-26(27)34(30,2)3)37-32(25)29(21)31-24-15-8-7-13-22(24)23-14-9-12-18-28(23)36(31)6/h7-20H,1-6H3/q+1. The van der Waals surface area contributed by atoms with Gasteiger partial charge in [0.2, 0.25) is 11.2 Å². The van der Waals surface area contributed by atoms with Crippen LogP contribution in [0.4, 0.5) is 0 Å². The second-order valence-corrected chi connectivity index (χ2v) is 11.7. The van der Waals surface area contributed by atoms with E-state index in [0.717, 1.165) is 11.3 Å². The third kappa shape index (κ3) is 2.79. The maximum Gasteiger partial charge on any atom is 0.224 e. The molecule has 1 aliphatic rings. The van der Waals surface area contributed by atoms with Gasteiger partial charge in [-0.2, -0.15) is 4.57 Å². The lowest BCUT2D eigenvalue weighted by molar-refractivity contribution is -0.632. The minimum absolute atomic E-state index is 0.160. The largest absolute Gasteiger partial charge is 0.459 e. The van der Waals surface area contributed by atoms with Gasteiger partial charge >= 0.3 is 0 Å². The van der Waals surface area contributed by atoms with Gasteiger partial charge in [0.05, 0.1) is 16.3 Å². The Morgan fingerprint density at radius 3 is 1.95 bits per heavy atom. The minimum Gasteiger partial charge on any atom is -0.459 e. The number of furan rings is 1. The Hall–Kier alpha value is -3.91. The second kappa shape index (κ2) is 7.32. The minimum atomic E-state index is -0.223. The highest BCUT2D eigenvalue weighted by atomic mass is 16.3. The van der Waals surface area contributed by atoms with Crippen LogP contribution < -0.4 is 4.57 Å². The summed E-state index contributed by atoms with van der Waals surface area (Å²) in [4.78, 5) is 0. The number of hydrogen-bond acceptors (Lipinski definition) is 1. The molecule has 1 aliphatic carbocycles. The fourth-order valence-electron chi connectivity index (χ4n) is 6.97. The van der Waals surface area contributed by atoms with Gasteiger partial charge in [0.1, 0.15) is 18.4 Å². The normalized spacial score (nSPS) is 15.7. The van der Waals surface area contributed by atoms with E-state index in [1.807, 2.05) is 0 Å². The Balaban J connectivity index is 1.66. The summed E-state index contributed by atoms with van der Waals surface area (Å²) in [6, 6.07) is 30.9. The molecule has 7 rings (SSSR count). The SMILES string of the molecule is Cc1ccc2c3c(oc2c1-c1c2ccccc2c2ccccc2[n+]1C)C(C)(C)c1ccccc1C3(C)C. The molecule has 0 amide bonds. The van der Waals surface area contributed by atoms with Gasteiger partial charge in [-0.05, 0) is 49.6 Å². The van der Waals surface area contributed by atoms with Crippen molar-refractivity contribution in [3.05, 3.63) is 113 Å². The van der Waals surface area contributed by atoms with Crippen LogP contribution in [0, 0.1) is 6.92 Å². The predicted octanol–water partition coefficient (Wildman–Crippen LogP) is 8.50. The van der Waals surface area contributed by atoms with E-state index in [2.05, 4.69) is 131 Å². The maximum absolute atomic E-state index is 7.07. The first-order chi connectivity index (χ1) is 17.7. The van der Waals surface area contributed by atoms with Crippen LogP contribution in [0.2, 0.25) is 0 Å². The number of hydrogen-bond donors (Lipinski definition) is 0. The lowest BCUT2D eigenvalue weighted by Crippen LogP contribution is -2.35. The summed E-state index contributed by atoms with van der Waals surface area (Å²) in [5, 5.41) is 5.01. The van der Waals surface area contributed by atoms with Crippen molar-refractivity contribution in [3.8, 4) is 11.3 Å². The molecule has 37 heavy (non-hydrogen) atoms. The van der Waals surface area contributed by atoms with Crippen LogP contribution in [-0.4, -0.2) is 0 Å².